The Morgan fingerprint density at radius 1 is 1.38 bits per heavy atom. The Kier molecular flexibility index (Phi) is 3.35. The highest BCUT2D eigenvalue weighted by Crippen LogP contribution is 2.27. The van der Waals surface area contributed by atoms with Crippen molar-refractivity contribution in [3.05, 3.63) is 66.4 Å². The molecule has 21 heavy (non-hydrogen) atoms. The maximum absolute atomic E-state index is 13.5. The number of nitrogens with one attached hydrogen (secondary N) is 1. The summed E-state index contributed by atoms with van der Waals surface area (Å²) in [7, 11) is 1.87. The van der Waals surface area contributed by atoms with Crippen molar-refractivity contribution in [3.8, 4) is 5.75 Å². The first-order valence-electron chi connectivity index (χ1n) is 6.41. The number of phenols is 1. The fourth-order valence-corrected chi connectivity index (χ4v) is 2.14. The molecular weight excluding hydrogens is 273 g/mol. The molecule has 0 aliphatic heterocycles. The molecule has 0 saturated carbocycles. The van der Waals surface area contributed by atoms with Crippen molar-refractivity contribution in [1.82, 2.24) is 9.55 Å². The summed E-state index contributed by atoms with van der Waals surface area (Å²) in [4.78, 5) is 4.31. The molecule has 0 radical (unpaired) electrons. The van der Waals surface area contributed by atoms with Crippen LogP contribution in [0.25, 0.3) is 0 Å². The zero-order chi connectivity index (χ0) is 14.8. The minimum atomic E-state index is -0.682. The molecule has 0 spiro atoms. The number of furan rings is 1. The first-order valence-corrected chi connectivity index (χ1v) is 6.41. The van der Waals surface area contributed by atoms with Crippen LogP contribution in [-0.4, -0.2) is 14.7 Å². The lowest BCUT2D eigenvalue weighted by Gasteiger charge is -2.18. The maximum Gasteiger partial charge on any atom is 0.166 e. The minimum absolute atomic E-state index is 0.357. The number of aromatic hydroxyl groups is 1. The number of phenolic OH excluding ortho intramolecular Hbond substituents is 1. The van der Waals surface area contributed by atoms with Gasteiger partial charge in [-0.2, -0.15) is 0 Å². The van der Waals surface area contributed by atoms with E-state index in [-0.39, 0.29) is 11.8 Å². The summed E-state index contributed by atoms with van der Waals surface area (Å²) in [5, 5.41) is 12.4. The highest BCUT2D eigenvalue weighted by atomic mass is 19.1. The number of halogens is 1. The van der Waals surface area contributed by atoms with Crippen LogP contribution in [0.5, 0.6) is 5.75 Å². The molecule has 3 rings (SSSR count). The van der Waals surface area contributed by atoms with E-state index in [0.29, 0.717) is 11.4 Å². The summed E-state index contributed by atoms with van der Waals surface area (Å²) < 4.78 is 20.8. The Morgan fingerprint density at radius 3 is 2.86 bits per heavy atom. The third-order valence-electron chi connectivity index (χ3n) is 3.20. The van der Waals surface area contributed by atoms with Gasteiger partial charge >= 0.3 is 0 Å². The molecule has 1 atom stereocenters. The van der Waals surface area contributed by atoms with Crippen LogP contribution in [0, 0.1) is 5.82 Å². The van der Waals surface area contributed by atoms with Gasteiger partial charge in [0.2, 0.25) is 0 Å². The van der Waals surface area contributed by atoms with Crippen molar-refractivity contribution in [2.75, 3.05) is 5.32 Å². The van der Waals surface area contributed by atoms with E-state index in [1.165, 1.54) is 12.1 Å². The van der Waals surface area contributed by atoms with Gasteiger partial charge in [-0.25, -0.2) is 9.37 Å². The zero-order valence-corrected chi connectivity index (χ0v) is 11.3. The van der Waals surface area contributed by atoms with Crippen molar-refractivity contribution in [2.45, 2.75) is 6.04 Å². The van der Waals surface area contributed by atoms with Crippen LogP contribution in [-0.2, 0) is 7.05 Å². The van der Waals surface area contributed by atoms with Crippen molar-refractivity contribution < 1.29 is 13.9 Å². The first-order chi connectivity index (χ1) is 10.1. The number of benzene rings is 1. The third kappa shape index (κ3) is 2.60. The summed E-state index contributed by atoms with van der Waals surface area (Å²) in [5.74, 6) is 0.335. The van der Waals surface area contributed by atoms with Crippen LogP contribution < -0.4 is 5.32 Å². The van der Waals surface area contributed by atoms with Gasteiger partial charge in [0.25, 0.3) is 0 Å². The number of hydrogen-bond acceptors (Lipinski definition) is 4. The second-order valence-corrected chi connectivity index (χ2v) is 4.66. The molecule has 2 aromatic heterocycles. The Balaban J connectivity index is 1.97. The topological polar surface area (TPSA) is 63.2 Å². The molecule has 0 aliphatic rings. The molecule has 5 nitrogen and oxygen atoms in total. The van der Waals surface area contributed by atoms with Crippen molar-refractivity contribution in [1.29, 1.82) is 0 Å². The van der Waals surface area contributed by atoms with Gasteiger partial charge in [-0.05, 0) is 24.3 Å². The van der Waals surface area contributed by atoms with E-state index in [0.717, 1.165) is 5.82 Å². The molecule has 0 amide bonds. The largest absolute Gasteiger partial charge is 0.505 e. The van der Waals surface area contributed by atoms with Gasteiger partial charge in [0.1, 0.15) is 17.6 Å². The first kappa shape index (κ1) is 13.2. The molecule has 2 heterocycles. The van der Waals surface area contributed by atoms with Crippen molar-refractivity contribution in [2.24, 2.45) is 7.05 Å². The molecule has 0 aliphatic carbocycles. The number of aryl methyl sites for hydroxylation is 1. The van der Waals surface area contributed by atoms with Crippen LogP contribution in [0.4, 0.5) is 10.1 Å². The number of aromatic nitrogens is 2. The minimum Gasteiger partial charge on any atom is -0.505 e. The molecule has 2 N–H and O–H groups in total. The molecule has 0 saturated heterocycles. The van der Waals surface area contributed by atoms with E-state index in [2.05, 4.69) is 10.3 Å². The van der Waals surface area contributed by atoms with Gasteiger partial charge in [0, 0.05) is 31.2 Å². The number of nitrogens with zero attached hydrogens (tertiary/aromatic N) is 2. The second-order valence-electron chi connectivity index (χ2n) is 4.66. The Bertz CT molecular complexity index is 737. The average molecular weight is 287 g/mol. The summed E-state index contributed by atoms with van der Waals surface area (Å²) in [6.07, 6.45) is 5.08. The number of rotatable bonds is 4. The van der Waals surface area contributed by atoms with E-state index in [4.69, 9.17) is 4.42 Å². The maximum atomic E-state index is 13.5. The van der Waals surface area contributed by atoms with Crippen molar-refractivity contribution in [3.63, 3.8) is 0 Å². The summed E-state index contributed by atoms with van der Waals surface area (Å²) >= 11 is 0. The van der Waals surface area contributed by atoms with Gasteiger partial charge in [-0.15, -0.1) is 0 Å². The number of anilines is 1. The normalized spacial score (nSPS) is 12.3. The van der Waals surface area contributed by atoms with Crippen molar-refractivity contribution >= 4 is 5.69 Å². The lowest BCUT2D eigenvalue weighted by atomic mass is 10.2. The van der Waals surface area contributed by atoms with Crippen LogP contribution >= 0.6 is 0 Å². The lowest BCUT2D eigenvalue weighted by molar-refractivity contribution is 0.432. The number of imidazole rings is 1. The lowest BCUT2D eigenvalue weighted by Crippen LogP contribution is -2.16. The van der Waals surface area contributed by atoms with Gasteiger partial charge in [-0.3, -0.25) is 0 Å². The Hall–Kier alpha value is -2.76. The van der Waals surface area contributed by atoms with Gasteiger partial charge in [0.15, 0.2) is 11.6 Å². The third-order valence-corrected chi connectivity index (χ3v) is 3.20. The molecular formula is C15H14FN3O2. The molecule has 0 bridgehead atoms. The van der Waals surface area contributed by atoms with Crippen LogP contribution in [0.15, 0.2) is 53.4 Å². The predicted molar refractivity (Wildman–Crippen MR) is 75.4 cm³/mol. The highest BCUT2D eigenvalue weighted by Gasteiger charge is 2.21. The zero-order valence-electron chi connectivity index (χ0n) is 11.3. The van der Waals surface area contributed by atoms with E-state index in [9.17, 15) is 9.50 Å². The van der Waals surface area contributed by atoms with Crippen LogP contribution in [0.2, 0.25) is 0 Å². The van der Waals surface area contributed by atoms with E-state index in [1.54, 1.807) is 24.6 Å². The van der Waals surface area contributed by atoms with E-state index >= 15 is 0 Å². The monoisotopic (exact) mass is 287 g/mol. The van der Waals surface area contributed by atoms with Crippen LogP contribution in [0.1, 0.15) is 17.6 Å². The van der Waals surface area contributed by atoms with Crippen LogP contribution in [0.3, 0.4) is 0 Å². The quantitative estimate of drug-likeness (QED) is 0.724. The molecule has 0 fully saturated rings. The SMILES string of the molecule is Cn1ccnc1C(Nc1ccc(O)c(F)c1)c1ccco1. The molecule has 1 unspecified atom stereocenters. The number of hydrogen-bond donors (Lipinski definition) is 2. The fraction of sp³-hybridized carbons (Fsp3) is 0.133. The van der Waals surface area contributed by atoms with Gasteiger partial charge in [0.05, 0.1) is 6.26 Å². The Morgan fingerprint density at radius 2 is 2.24 bits per heavy atom. The summed E-state index contributed by atoms with van der Waals surface area (Å²) in [5.41, 5.74) is 0.523. The smallest absolute Gasteiger partial charge is 0.166 e. The summed E-state index contributed by atoms with van der Waals surface area (Å²) in [6.45, 7) is 0. The van der Waals surface area contributed by atoms with E-state index in [1.807, 2.05) is 23.9 Å². The van der Waals surface area contributed by atoms with E-state index < -0.39 is 5.82 Å². The van der Waals surface area contributed by atoms with Gasteiger partial charge < -0.3 is 19.4 Å². The Labute approximate surface area is 120 Å². The van der Waals surface area contributed by atoms with Gasteiger partial charge in [-0.1, -0.05) is 0 Å². The molecule has 108 valence electrons. The fourth-order valence-electron chi connectivity index (χ4n) is 2.14. The molecule has 3 aromatic rings. The second kappa shape index (κ2) is 5.32. The average Bonchev–Trinajstić information content (AvgIpc) is 3.12. The molecule has 6 heteroatoms. The predicted octanol–water partition coefficient (Wildman–Crippen LogP) is 3.06. The molecule has 1 aromatic carbocycles. The standard InChI is InChI=1S/C15H14FN3O2/c1-19-7-6-17-15(19)14(13-3-2-8-21-13)18-10-4-5-12(20)11(16)9-10/h2-9,14,18,20H,1H3. The summed E-state index contributed by atoms with van der Waals surface area (Å²) in [6, 6.07) is 7.37. The highest BCUT2D eigenvalue weighted by molar-refractivity contribution is 5.49.